The van der Waals surface area contributed by atoms with Gasteiger partial charge in [0.15, 0.2) is 0 Å². The number of pyridine rings is 1. The Labute approximate surface area is 82.7 Å². The van der Waals surface area contributed by atoms with Crippen LogP contribution in [-0.4, -0.2) is 34.9 Å². The van der Waals surface area contributed by atoms with E-state index in [1.54, 1.807) is 29.4 Å². The molecule has 4 nitrogen and oxygen atoms in total. The number of rotatable bonds is 1. The summed E-state index contributed by atoms with van der Waals surface area (Å²) >= 11 is 0. The van der Waals surface area contributed by atoms with E-state index in [4.69, 9.17) is 5.73 Å². The van der Waals surface area contributed by atoms with Gasteiger partial charge in [-0.3, -0.25) is 9.78 Å². The molecule has 0 spiro atoms. The highest BCUT2D eigenvalue weighted by Gasteiger charge is 2.24. The van der Waals surface area contributed by atoms with Gasteiger partial charge in [0.2, 0.25) is 0 Å². The molecule has 1 aromatic heterocycles. The predicted octanol–water partition coefficient (Wildman–Crippen LogP) is 0.255. The molecule has 1 amide bonds. The number of carbonyl (C=O) groups is 1. The molecule has 2 rings (SSSR count). The average molecular weight is 191 g/mol. The lowest BCUT2D eigenvalue weighted by Gasteiger charge is -2.15. The normalized spacial score (nSPS) is 21.2. The van der Waals surface area contributed by atoms with E-state index in [1.807, 2.05) is 0 Å². The molecule has 2 N–H and O–H groups in total. The molecule has 1 saturated heterocycles. The SMILES string of the molecule is N[C@H]1CCN(C(=O)c2cccnc2)C1. The van der Waals surface area contributed by atoms with E-state index in [2.05, 4.69) is 4.98 Å². The molecule has 4 heteroatoms. The molecule has 0 aromatic carbocycles. The van der Waals surface area contributed by atoms with Crippen molar-refractivity contribution in [2.75, 3.05) is 13.1 Å². The topological polar surface area (TPSA) is 59.2 Å². The molecule has 0 saturated carbocycles. The standard InChI is InChI=1S/C10H13N3O/c11-9-3-5-13(7-9)10(14)8-2-1-4-12-6-8/h1-2,4,6,9H,3,5,7,11H2/t9-/m0/s1. The van der Waals surface area contributed by atoms with E-state index in [1.165, 1.54) is 0 Å². The van der Waals surface area contributed by atoms with Gasteiger partial charge >= 0.3 is 0 Å². The van der Waals surface area contributed by atoms with Gasteiger partial charge in [-0.15, -0.1) is 0 Å². The van der Waals surface area contributed by atoms with Crippen LogP contribution in [-0.2, 0) is 0 Å². The molecule has 0 aliphatic carbocycles. The Hall–Kier alpha value is -1.42. The van der Waals surface area contributed by atoms with Crippen molar-refractivity contribution in [2.45, 2.75) is 12.5 Å². The summed E-state index contributed by atoms with van der Waals surface area (Å²) in [7, 11) is 0. The summed E-state index contributed by atoms with van der Waals surface area (Å²) in [4.78, 5) is 17.5. The predicted molar refractivity (Wildman–Crippen MR) is 52.7 cm³/mol. The van der Waals surface area contributed by atoms with Crippen LogP contribution in [0.3, 0.4) is 0 Å². The number of amides is 1. The van der Waals surface area contributed by atoms with Crippen molar-refractivity contribution in [1.82, 2.24) is 9.88 Å². The van der Waals surface area contributed by atoms with Crippen LogP contribution in [0, 0.1) is 0 Å². The Morgan fingerprint density at radius 1 is 1.64 bits per heavy atom. The average Bonchev–Trinajstić information content (AvgIpc) is 2.65. The second-order valence-electron chi connectivity index (χ2n) is 3.54. The lowest BCUT2D eigenvalue weighted by molar-refractivity contribution is 0.0790. The number of nitrogens with two attached hydrogens (primary N) is 1. The molecular formula is C10H13N3O. The molecule has 1 atom stereocenters. The number of nitrogens with zero attached hydrogens (tertiary/aromatic N) is 2. The summed E-state index contributed by atoms with van der Waals surface area (Å²) in [6.45, 7) is 1.42. The first-order valence-corrected chi connectivity index (χ1v) is 4.72. The van der Waals surface area contributed by atoms with E-state index >= 15 is 0 Å². The zero-order chi connectivity index (χ0) is 9.97. The number of aromatic nitrogens is 1. The van der Waals surface area contributed by atoms with E-state index < -0.39 is 0 Å². The highest BCUT2D eigenvalue weighted by atomic mass is 16.2. The van der Waals surface area contributed by atoms with Gasteiger partial charge in [0.1, 0.15) is 0 Å². The highest BCUT2D eigenvalue weighted by molar-refractivity contribution is 5.94. The quantitative estimate of drug-likeness (QED) is 0.692. The third-order valence-corrected chi connectivity index (χ3v) is 2.42. The summed E-state index contributed by atoms with van der Waals surface area (Å²) in [5.41, 5.74) is 6.37. The minimum atomic E-state index is 0.0334. The molecule has 0 unspecified atom stereocenters. The van der Waals surface area contributed by atoms with Gasteiger partial charge in [-0.05, 0) is 18.6 Å². The molecule has 1 aliphatic rings. The van der Waals surface area contributed by atoms with Gasteiger partial charge in [0.05, 0.1) is 5.56 Å². The van der Waals surface area contributed by atoms with E-state index in [0.29, 0.717) is 12.1 Å². The molecule has 1 fully saturated rings. The second kappa shape index (κ2) is 3.75. The van der Waals surface area contributed by atoms with Crippen molar-refractivity contribution in [2.24, 2.45) is 5.73 Å². The summed E-state index contributed by atoms with van der Waals surface area (Å²) in [5, 5.41) is 0. The zero-order valence-corrected chi connectivity index (χ0v) is 7.89. The van der Waals surface area contributed by atoms with Crippen LogP contribution in [0.2, 0.25) is 0 Å². The Morgan fingerprint density at radius 3 is 3.07 bits per heavy atom. The van der Waals surface area contributed by atoms with Crippen LogP contribution in [0.15, 0.2) is 24.5 Å². The lowest BCUT2D eigenvalue weighted by Crippen LogP contribution is -2.31. The molecular weight excluding hydrogens is 178 g/mol. The van der Waals surface area contributed by atoms with Gasteiger partial charge in [0.25, 0.3) is 5.91 Å². The van der Waals surface area contributed by atoms with Crippen molar-refractivity contribution in [3.63, 3.8) is 0 Å². The smallest absolute Gasteiger partial charge is 0.255 e. The summed E-state index contributed by atoms with van der Waals surface area (Å²) in [5.74, 6) is 0.0334. The van der Waals surface area contributed by atoms with Crippen molar-refractivity contribution >= 4 is 5.91 Å². The second-order valence-corrected chi connectivity index (χ2v) is 3.54. The third kappa shape index (κ3) is 1.75. The fraction of sp³-hybridized carbons (Fsp3) is 0.400. The first-order chi connectivity index (χ1) is 6.77. The monoisotopic (exact) mass is 191 g/mol. The molecule has 0 bridgehead atoms. The summed E-state index contributed by atoms with van der Waals surface area (Å²) in [6, 6.07) is 3.68. The Kier molecular flexibility index (Phi) is 2.45. The first-order valence-electron chi connectivity index (χ1n) is 4.72. The molecule has 0 radical (unpaired) electrons. The van der Waals surface area contributed by atoms with E-state index in [0.717, 1.165) is 13.0 Å². The minimum absolute atomic E-state index is 0.0334. The maximum atomic E-state index is 11.8. The van der Waals surface area contributed by atoms with Crippen LogP contribution >= 0.6 is 0 Å². The number of hydrogen-bond donors (Lipinski definition) is 1. The van der Waals surface area contributed by atoms with Crippen molar-refractivity contribution in [1.29, 1.82) is 0 Å². The van der Waals surface area contributed by atoms with Crippen LogP contribution in [0.5, 0.6) is 0 Å². The molecule has 1 aromatic rings. The van der Waals surface area contributed by atoms with Gasteiger partial charge < -0.3 is 10.6 Å². The third-order valence-electron chi connectivity index (χ3n) is 2.42. The number of hydrogen-bond acceptors (Lipinski definition) is 3. The zero-order valence-electron chi connectivity index (χ0n) is 7.89. The van der Waals surface area contributed by atoms with Gasteiger partial charge in [-0.25, -0.2) is 0 Å². The van der Waals surface area contributed by atoms with E-state index in [9.17, 15) is 4.79 Å². The van der Waals surface area contributed by atoms with E-state index in [-0.39, 0.29) is 11.9 Å². The van der Waals surface area contributed by atoms with Crippen molar-refractivity contribution in [3.05, 3.63) is 30.1 Å². The molecule has 14 heavy (non-hydrogen) atoms. The Morgan fingerprint density at radius 2 is 2.50 bits per heavy atom. The van der Waals surface area contributed by atoms with Gasteiger partial charge in [-0.1, -0.05) is 0 Å². The fourth-order valence-corrected chi connectivity index (χ4v) is 1.64. The fourth-order valence-electron chi connectivity index (χ4n) is 1.64. The first kappa shape index (κ1) is 9.15. The van der Waals surface area contributed by atoms with Gasteiger partial charge in [-0.2, -0.15) is 0 Å². The summed E-state index contributed by atoms with van der Waals surface area (Å²) in [6.07, 6.45) is 4.14. The maximum absolute atomic E-state index is 11.8. The van der Waals surface area contributed by atoms with Crippen molar-refractivity contribution in [3.8, 4) is 0 Å². The van der Waals surface area contributed by atoms with Crippen LogP contribution in [0.1, 0.15) is 16.8 Å². The minimum Gasteiger partial charge on any atom is -0.337 e. The van der Waals surface area contributed by atoms with Gasteiger partial charge in [0, 0.05) is 31.5 Å². The Balaban J connectivity index is 2.10. The van der Waals surface area contributed by atoms with Crippen LogP contribution in [0.4, 0.5) is 0 Å². The lowest BCUT2D eigenvalue weighted by atomic mass is 10.2. The number of carbonyl (C=O) groups excluding carboxylic acids is 1. The van der Waals surface area contributed by atoms with Crippen LogP contribution < -0.4 is 5.73 Å². The van der Waals surface area contributed by atoms with Crippen LogP contribution in [0.25, 0.3) is 0 Å². The number of likely N-dealkylation sites (tertiary alicyclic amines) is 1. The highest BCUT2D eigenvalue weighted by Crippen LogP contribution is 2.11. The van der Waals surface area contributed by atoms with Crippen molar-refractivity contribution < 1.29 is 4.79 Å². The maximum Gasteiger partial charge on any atom is 0.255 e. The molecule has 2 heterocycles. The molecule has 74 valence electrons. The molecule has 1 aliphatic heterocycles. The Bertz CT molecular complexity index is 325. The summed E-state index contributed by atoms with van der Waals surface area (Å²) < 4.78 is 0. The largest absolute Gasteiger partial charge is 0.337 e.